The number of para-hydroxylation sites is 1. The zero-order valence-corrected chi connectivity index (χ0v) is 17.0. The molecule has 2 aromatic carbocycles. The molecule has 0 bridgehead atoms. The molecule has 0 amide bonds. The van der Waals surface area contributed by atoms with Crippen LogP contribution in [-0.2, 0) is 26.1 Å². The molecule has 1 aromatic heterocycles. The Kier molecular flexibility index (Phi) is 4.64. The molecule has 2 atom stereocenters. The first-order valence-electron chi connectivity index (χ1n) is 9.35. The van der Waals surface area contributed by atoms with Crippen LogP contribution in [0.2, 0.25) is 0 Å². The number of aromatic nitrogens is 1. The normalized spacial score (nSPS) is 19.6. The van der Waals surface area contributed by atoms with Crippen molar-refractivity contribution in [3.8, 4) is 11.5 Å². The summed E-state index contributed by atoms with van der Waals surface area (Å²) in [6.45, 7) is 4.04. The van der Waals surface area contributed by atoms with Crippen molar-refractivity contribution in [2.45, 2.75) is 31.7 Å². The van der Waals surface area contributed by atoms with E-state index in [9.17, 15) is 14.4 Å². The van der Waals surface area contributed by atoms with E-state index in [1.807, 2.05) is 16.7 Å². The number of hydrogen-bond donors (Lipinski definition) is 0. The van der Waals surface area contributed by atoms with Gasteiger partial charge in [0.15, 0.2) is 12.2 Å². The molecule has 0 N–H and O–H groups in total. The van der Waals surface area contributed by atoms with E-state index in [0.29, 0.717) is 51.8 Å². The van der Waals surface area contributed by atoms with Gasteiger partial charge >= 0.3 is 0 Å². The van der Waals surface area contributed by atoms with Crippen LogP contribution in [0.25, 0.3) is 21.8 Å². The largest absolute Gasteiger partial charge is 0.496 e. The highest BCUT2D eigenvalue weighted by atomic mass is 16.6. The SMILES string of the molecule is COc1cc2c(c3c1c(=O)c1ccccc1n3C)[C@@H](OC=O)[C@@H](OC=O)C(C)(C)O2. The zero-order chi connectivity index (χ0) is 21.6. The van der Waals surface area contributed by atoms with Crippen LogP contribution in [0.5, 0.6) is 11.5 Å². The van der Waals surface area contributed by atoms with Crippen LogP contribution in [0.3, 0.4) is 0 Å². The number of pyridine rings is 1. The van der Waals surface area contributed by atoms with E-state index in [-0.39, 0.29) is 5.43 Å². The van der Waals surface area contributed by atoms with Gasteiger partial charge in [-0.1, -0.05) is 12.1 Å². The second-order valence-corrected chi connectivity index (χ2v) is 7.63. The average Bonchev–Trinajstić information content (AvgIpc) is 2.73. The molecule has 2 heterocycles. The van der Waals surface area contributed by atoms with Crippen LogP contribution in [0.1, 0.15) is 25.5 Å². The van der Waals surface area contributed by atoms with E-state index < -0.39 is 17.8 Å². The Morgan fingerprint density at radius 2 is 1.83 bits per heavy atom. The van der Waals surface area contributed by atoms with E-state index in [1.165, 1.54) is 7.11 Å². The van der Waals surface area contributed by atoms with Crippen molar-refractivity contribution in [1.82, 2.24) is 4.57 Å². The van der Waals surface area contributed by atoms with Gasteiger partial charge in [-0.05, 0) is 26.0 Å². The molecule has 1 aliphatic heterocycles. The number of benzene rings is 2. The molecule has 0 spiro atoms. The highest BCUT2D eigenvalue weighted by molar-refractivity contribution is 5.99. The zero-order valence-electron chi connectivity index (χ0n) is 17.0. The van der Waals surface area contributed by atoms with Crippen LogP contribution < -0.4 is 14.9 Å². The van der Waals surface area contributed by atoms with Crippen LogP contribution >= 0.6 is 0 Å². The van der Waals surface area contributed by atoms with E-state index in [1.54, 1.807) is 39.1 Å². The molecular formula is C22H21NO7. The number of methoxy groups -OCH3 is 1. The highest BCUT2D eigenvalue weighted by Crippen LogP contribution is 2.48. The molecule has 3 aromatic rings. The Labute approximate surface area is 171 Å². The van der Waals surface area contributed by atoms with E-state index in [4.69, 9.17) is 18.9 Å². The van der Waals surface area contributed by atoms with Crippen molar-refractivity contribution in [2.24, 2.45) is 7.05 Å². The smallest absolute Gasteiger partial charge is 0.293 e. The summed E-state index contributed by atoms with van der Waals surface area (Å²) in [6.07, 6.45) is -1.91. The number of ether oxygens (including phenoxy) is 4. The summed E-state index contributed by atoms with van der Waals surface area (Å²) < 4.78 is 24.2. The van der Waals surface area contributed by atoms with Gasteiger partial charge in [0.05, 0.1) is 29.1 Å². The van der Waals surface area contributed by atoms with Gasteiger partial charge in [0, 0.05) is 18.5 Å². The number of hydrogen-bond acceptors (Lipinski definition) is 7. The lowest BCUT2D eigenvalue weighted by molar-refractivity contribution is -0.174. The quantitative estimate of drug-likeness (QED) is 0.471. The number of rotatable bonds is 5. The summed E-state index contributed by atoms with van der Waals surface area (Å²) in [4.78, 5) is 35.9. The minimum Gasteiger partial charge on any atom is -0.496 e. The first-order chi connectivity index (χ1) is 14.4. The second-order valence-electron chi connectivity index (χ2n) is 7.63. The molecule has 30 heavy (non-hydrogen) atoms. The van der Waals surface area contributed by atoms with Gasteiger partial charge in [-0.2, -0.15) is 0 Å². The Bertz CT molecular complexity index is 1230. The lowest BCUT2D eigenvalue weighted by atomic mass is 9.86. The molecule has 0 fully saturated rings. The standard InChI is InChI=1S/C22H21NO7/c1-22(2)21(29-11-25)20(28-10-24)17-15(30-22)9-14(27-4)16-18(17)23(3)13-8-6-5-7-12(13)19(16)26/h5-11,20-21H,1-4H3/t20-,21-/m1/s1. The van der Waals surface area contributed by atoms with Crippen LogP contribution in [0.15, 0.2) is 35.1 Å². The van der Waals surface area contributed by atoms with Crippen LogP contribution in [0.4, 0.5) is 0 Å². The van der Waals surface area contributed by atoms with Gasteiger partial charge < -0.3 is 23.5 Å². The third kappa shape index (κ3) is 2.71. The minimum absolute atomic E-state index is 0.221. The van der Waals surface area contributed by atoms with Crippen LogP contribution in [-0.4, -0.2) is 36.3 Å². The fraction of sp³-hybridized carbons (Fsp3) is 0.318. The molecule has 156 valence electrons. The molecule has 8 nitrogen and oxygen atoms in total. The summed E-state index contributed by atoms with van der Waals surface area (Å²) in [6, 6.07) is 8.79. The number of aryl methyl sites for hydroxylation is 1. The lowest BCUT2D eigenvalue weighted by Gasteiger charge is -2.42. The van der Waals surface area contributed by atoms with Gasteiger partial charge in [0.25, 0.3) is 12.9 Å². The van der Waals surface area contributed by atoms with Gasteiger partial charge in [0.2, 0.25) is 5.43 Å². The molecule has 0 unspecified atom stereocenters. The number of carbonyl (C=O) groups excluding carboxylic acids is 2. The topological polar surface area (TPSA) is 93.1 Å². The van der Waals surface area contributed by atoms with E-state index in [2.05, 4.69) is 0 Å². The van der Waals surface area contributed by atoms with Gasteiger partial charge in [-0.3, -0.25) is 14.4 Å². The number of nitrogens with zero attached hydrogens (tertiary/aromatic N) is 1. The summed E-state index contributed by atoms with van der Waals surface area (Å²) in [5.41, 5.74) is 0.383. The highest BCUT2D eigenvalue weighted by Gasteiger charge is 2.49. The predicted molar refractivity (Wildman–Crippen MR) is 109 cm³/mol. The molecule has 1 aliphatic rings. The van der Waals surface area contributed by atoms with Crippen molar-refractivity contribution in [3.05, 3.63) is 46.1 Å². The Balaban J connectivity index is 2.21. The van der Waals surface area contributed by atoms with Crippen molar-refractivity contribution >= 4 is 34.8 Å². The number of carbonyl (C=O) groups is 2. The lowest BCUT2D eigenvalue weighted by Crippen LogP contribution is -2.51. The Morgan fingerprint density at radius 1 is 1.13 bits per heavy atom. The van der Waals surface area contributed by atoms with Gasteiger partial charge in [0.1, 0.15) is 17.1 Å². The van der Waals surface area contributed by atoms with Gasteiger partial charge in [-0.25, -0.2) is 0 Å². The third-order valence-electron chi connectivity index (χ3n) is 5.58. The molecule has 4 rings (SSSR count). The minimum atomic E-state index is -1.00. The maximum absolute atomic E-state index is 13.4. The van der Waals surface area contributed by atoms with Gasteiger partial charge in [-0.15, -0.1) is 0 Å². The monoisotopic (exact) mass is 411 g/mol. The summed E-state index contributed by atoms with van der Waals surface area (Å²) in [5, 5.41) is 0.849. The van der Waals surface area contributed by atoms with Crippen molar-refractivity contribution in [3.63, 3.8) is 0 Å². The molecule has 0 radical (unpaired) electrons. The molecule has 0 aliphatic carbocycles. The van der Waals surface area contributed by atoms with Crippen molar-refractivity contribution in [2.75, 3.05) is 7.11 Å². The first-order valence-corrected chi connectivity index (χ1v) is 9.35. The maximum Gasteiger partial charge on any atom is 0.293 e. The Hall–Kier alpha value is -3.55. The molecule has 0 saturated heterocycles. The fourth-order valence-corrected chi connectivity index (χ4v) is 4.29. The predicted octanol–water partition coefficient (Wildman–Crippen LogP) is 2.63. The summed E-state index contributed by atoms with van der Waals surface area (Å²) in [5.74, 6) is 0.720. The molecule has 8 heteroatoms. The van der Waals surface area contributed by atoms with Crippen LogP contribution in [0, 0.1) is 0 Å². The van der Waals surface area contributed by atoms with Crippen molar-refractivity contribution in [1.29, 1.82) is 0 Å². The van der Waals surface area contributed by atoms with E-state index in [0.717, 1.165) is 0 Å². The summed E-state index contributed by atoms with van der Waals surface area (Å²) >= 11 is 0. The maximum atomic E-state index is 13.4. The van der Waals surface area contributed by atoms with E-state index >= 15 is 0 Å². The fourth-order valence-electron chi connectivity index (χ4n) is 4.29. The second kappa shape index (κ2) is 7.05. The Morgan fingerprint density at radius 3 is 2.50 bits per heavy atom. The average molecular weight is 411 g/mol. The third-order valence-corrected chi connectivity index (χ3v) is 5.58. The first kappa shape index (κ1) is 19.8. The van der Waals surface area contributed by atoms with Crippen molar-refractivity contribution < 1.29 is 28.5 Å². The molecular weight excluding hydrogens is 390 g/mol. The summed E-state index contributed by atoms with van der Waals surface area (Å²) in [7, 11) is 3.28. The number of fused-ring (bicyclic) bond motifs is 4. The molecule has 0 saturated carbocycles.